The van der Waals surface area contributed by atoms with Crippen LogP contribution < -0.4 is 15.4 Å². The molecule has 2 aromatic rings. The molecule has 0 saturated carbocycles. The first kappa shape index (κ1) is 20.3. The maximum atomic E-state index is 12.4. The lowest BCUT2D eigenvalue weighted by molar-refractivity contribution is -0.274. The molecule has 0 heterocycles. The highest BCUT2D eigenvalue weighted by molar-refractivity contribution is 5.97. The fraction of sp³-hybridized carbons (Fsp3) is 0.263. The van der Waals surface area contributed by atoms with Crippen molar-refractivity contribution in [1.29, 1.82) is 0 Å². The molecule has 0 aliphatic heterocycles. The van der Waals surface area contributed by atoms with Crippen LogP contribution in [0.1, 0.15) is 41.4 Å². The van der Waals surface area contributed by atoms with Crippen LogP contribution in [0.2, 0.25) is 0 Å². The third kappa shape index (κ3) is 6.02. The van der Waals surface area contributed by atoms with Crippen molar-refractivity contribution < 1.29 is 27.5 Å². The van der Waals surface area contributed by atoms with Crippen LogP contribution in [-0.2, 0) is 4.79 Å². The second-order valence-electron chi connectivity index (χ2n) is 6.02. The molecule has 8 heteroatoms. The predicted molar refractivity (Wildman–Crippen MR) is 94.5 cm³/mol. The molecule has 1 unspecified atom stereocenters. The van der Waals surface area contributed by atoms with E-state index in [0.29, 0.717) is 16.8 Å². The van der Waals surface area contributed by atoms with Crippen molar-refractivity contribution in [3.05, 3.63) is 59.2 Å². The summed E-state index contributed by atoms with van der Waals surface area (Å²) in [4.78, 5) is 23.7. The van der Waals surface area contributed by atoms with Crippen molar-refractivity contribution in [2.24, 2.45) is 0 Å². The maximum absolute atomic E-state index is 12.4. The van der Waals surface area contributed by atoms with E-state index in [1.54, 1.807) is 32.0 Å². The molecule has 5 nitrogen and oxygen atoms in total. The van der Waals surface area contributed by atoms with Crippen molar-refractivity contribution >= 4 is 17.5 Å². The number of hydrogen-bond donors (Lipinski definition) is 2. The number of nitrogens with one attached hydrogen (secondary N) is 2. The fourth-order valence-corrected chi connectivity index (χ4v) is 2.41. The van der Waals surface area contributed by atoms with E-state index in [1.165, 1.54) is 31.2 Å². The van der Waals surface area contributed by atoms with Gasteiger partial charge >= 0.3 is 6.36 Å². The van der Waals surface area contributed by atoms with Gasteiger partial charge in [-0.25, -0.2) is 0 Å². The average Bonchev–Trinajstić information content (AvgIpc) is 2.55. The number of carbonyl (C=O) groups excluding carboxylic acids is 2. The number of anilines is 1. The SMILES string of the molecule is CC(=O)Nc1cc(C(=O)NC(C)c2ccc(OC(F)(F)F)cc2)ccc1C. The van der Waals surface area contributed by atoms with Gasteiger partial charge in [-0.05, 0) is 49.2 Å². The van der Waals surface area contributed by atoms with Crippen molar-refractivity contribution in [3.8, 4) is 5.75 Å². The molecule has 0 bridgehead atoms. The number of benzene rings is 2. The topological polar surface area (TPSA) is 67.4 Å². The fourth-order valence-electron chi connectivity index (χ4n) is 2.41. The number of amides is 2. The predicted octanol–water partition coefficient (Wildman–Crippen LogP) is 4.34. The maximum Gasteiger partial charge on any atom is 0.573 e. The first-order valence-corrected chi connectivity index (χ1v) is 8.10. The first-order valence-electron chi connectivity index (χ1n) is 8.10. The van der Waals surface area contributed by atoms with Crippen LogP contribution >= 0.6 is 0 Å². The van der Waals surface area contributed by atoms with Crippen LogP contribution in [0.3, 0.4) is 0 Å². The molecule has 27 heavy (non-hydrogen) atoms. The average molecular weight is 380 g/mol. The minimum atomic E-state index is -4.75. The van der Waals surface area contributed by atoms with E-state index >= 15 is 0 Å². The Bertz CT molecular complexity index is 833. The van der Waals surface area contributed by atoms with Crippen LogP contribution in [0.15, 0.2) is 42.5 Å². The van der Waals surface area contributed by atoms with Crippen molar-refractivity contribution in [2.75, 3.05) is 5.32 Å². The molecule has 0 aliphatic rings. The summed E-state index contributed by atoms with van der Waals surface area (Å²) >= 11 is 0. The summed E-state index contributed by atoms with van der Waals surface area (Å²) in [6, 6.07) is 9.74. The summed E-state index contributed by atoms with van der Waals surface area (Å²) in [6.07, 6.45) is -4.75. The van der Waals surface area contributed by atoms with Crippen molar-refractivity contribution in [1.82, 2.24) is 5.32 Å². The number of halogens is 3. The van der Waals surface area contributed by atoms with Crippen LogP contribution in [0.4, 0.5) is 18.9 Å². The van der Waals surface area contributed by atoms with Crippen molar-refractivity contribution in [3.63, 3.8) is 0 Å². The number of carbonyl (C=O) groups is 2. The largest absolute Gasteiger partial charge is 0.573 e. The Hall–Kier alpha value is -3.03. The molecule has 0 spiro atoms. The summed E-state index contributed by atoms with van der Waals surface area (Å²) in [5, 5.41) is 5.42. The second-order valence-corrected chi connectivity index (χ2v) is 6.02. The van der Waals surface area contributed by atoms with E-state index in [2.05, 4.69) is 15.4 Å². The number of ether oxygens (including phenoxy) is 1. The van der Waals surface area contributed by atoms with Gasteiger partial charge in [-0.15, -0.1) is 13.2 Å². The molecule has 1 atom stereocenters. The molecule has 2 rings (SSSR count). The van der Waals surface area contributed by atoms with Gasteiger partial charge in [0, 0.05) is 18.2 Å². The van der Waals surface area contributed by atoms with Crippen LogP contribution in [-0.4, -0.2) is 18.2 Å². The Morgan fingerprint density at radius 2 is 1.70 bits per heavy atom. The number of alkyl halides is 3. The van der Waals surface area contributed by atoms with E-state index < -0.39 is 12.4 Å². The molecule has 0 aliphatic carbocycles. The Labute approximate surface area is 154 Å². The molecule has 0 fully saturated rings. The quantitative estimate of drug-likeness (QED) is 0.811. The monoisotopic (exact) mass is 380 g/mol. The summed E-state index contributed by atoms with van der Waals surface area (Å²) < 4.78 is 40.4. The minimum absolute atomic E-state index is 0.245. The summed E-state index contributed by atoms with van der Waals surface area (Å²) in [7, 11) is 0. The molecule has 144 valence electrons. The van der Waals surface area contributed by atoms with Crippen LogP contribution in [0, 0.1) is 6.92 Å². The lowest BCUT2D eigenvalue weighted by Gasteiger charge is -2.16. The normalized spacial score (nSPS) is 12.2. The molecule has 0 aromatic heterocycles. The molecular weight excluding hydrogens is 361 g/mol. The van der Waals surface area contributed by atoms with Gasteiger partial charge in [0.15, 0.2) is 0 Å². The van der Waals surface area contributed by atoms with Gasteiger partial charge in [-0.1, -0.05) is 18.2 Å². The van der Waals surface area contributed by atoms with Gasteiger partial charge in [0.1, 0.15) is 5.75 Å². The van der Waals surface area contributed by atoms with E-state index in [9.17, 15) is 22.8 Å². The second kappa shape index (κ2) is 8.11. The first-order chi connectivity index (χ1) is 12.5. The van der Waals surface area contributed by atoms with E-state index in [-0.39, 0.29) is 17.6 Å². The van der Waals surface area contributed by atoms with Crippen molar-refractivity contribution in [2.45, 2.75) is 33.2 Å². The smallest absolute Gasteiger partial charge is 0.406 e. The third-order valence-corrected chi connectivity index (χ3v) is 3.77. The minimum Gasteiger partial charge on any atom is -0.406 e. The number of rotatable bonds is 5. The highest BCUT2D eigenvalue weighted by Crippen LogP contribution is 2.24. The molecule has 0 saturated heterocycles. The van der Waals surface area contributed by atoms with Gasteiger partial charge in [0.2, 0.25) is 5.91 Å². The summed E-state index contributed by atoms with van der Waals surface area (Å²) in [5.41, 5.74) is 2.33. The summed E-state index contributed by atoms with van der Waals surface area (Å²) in [5.74, 6) is -0.946. The highest BCUT2D eigenvalue weighted by atomic mass is 19.4. The van der Waals surface area contributed by atoms with Gasteiger partial charge < -0.3 is 15.4 Å². The number of hydrogen-bond acceptors (Lipinski definition) is 3. The Morgan fingerprint density at radius 1 is 1.07 bits per heavy atom. The van der Waals surface area contributed by atoms with E-state index in [0.717, 1.165) is 5.56 Å². The molecule has 2 N–H and O–H groups in total. The Balaban J connectivity index is 2.08. The summed E-state index contributed by atoms with van der Waals surface area (Å²) in [6.45, 7) is 4.89. The lowest BCUT2D eigenvalue weighted by atomic mass is 10.1. The zero-order valence-electron chi connectivity index (χ0n) is 15.0. The third-order valence-electron chi connectivity index (χ3n) is 3.77. The molecule has 0 radical (unpaired) electrons. The zero-order valence-corrected chi connectivity index (χ0v) is 15.0. The Morgan fingerprint density at radius 3 is 2.26 bits per heavy atom. The molecular formula is C19H19F3N2O3. The van der Waals surface area contributed by atoms with E-state index in [4.69, 9.17) is 0 Å². The van der Waals surface area contributed by atoms with Crippen LogP contribution in [0.5, 0.6) is 5.75 Å². The van der Waals surface area contributed by atoms with Crippen LogP contribution in [0.25, 0.3) is 0 Å². The van der Waals surface area contributed by atoms with E-state index in [1.807, 2.05) is 0 Å². The number of aryl methyl sites for hydroxylation is 1. The van der Waals surface area contributed by atoms with Gasteiger partial charge in [0.25, 0.3) is 5.91 Å². The highest BCUT2D eigenvalue weighted by Gasteiger charge is 2.31. The van der Waals surface area contributed by atoms with Gasteiger partial charge in [-0.3, -0.25) is 9.59 Å². The zero-order chi connectivity index (χ0) is 20.2. The molecule has 2 amide bonds. The molecule has 2 aromatic carbocycles. The Kier molecular flexibility index (Phi) is 6.09. The standard InChI is InChI=1S/C19H19F3N2O3/c1-11-4-5-15(10-17(11)24-13(3)25)18(26)23-12(2)14-6-8-16(9-7-14)27-19(20,21)22/h4-10,12H,1-3H3,(H,23,26)(H,24,25). The lowest BCUT2D eigenvalue weighted by Crippen LogP contribution is -2.26. The van der Waals surface area contributed by atoms with Gasteiger partial charge in [-0.2, -0.15) is 0 Å². The van der Waals surface area contributed by atoms with Gasteiger partial charge in [0.05, 0.1) is 6.04 Å².